The van der Waals surface area contributed by atoms with E-state index in [1.807, 2.05) is 21.1 Å². The fourth-order valence-electron chi connectivity index (χ4n) is 9.55. The molecule has 3 N–H and O–H groups in total. The fraction of sp³-hybridized carbons (Fsp3) is 0.919. The SMILES string of the molecule is CCCCCCCCCCC/C=C\C/C=C\CCCCCCCCCCCCCCCCCC(=O)NC(COP(=O)(O)OCC[N+](C)(C)C)C(O)CCCCCCCCCCCCCCCCCCCC. The largest absolute Gasteiger partial charge is 0.472 e. The molecule has 71 heavy (non-hydrogen) atoms. The molecule has 8 nitrogen and oxygen atoms in total. The van der Waals surface area contributed by atoms with Crippen LogP contribution in [-0.4, -0.2) is 73.4 Å². The standard InChI is InChI=1S/C62H123N2O6P/c1-6-8-10-12-14-16-18-20-22-24-26-27-28-29-30-31-32-33-34-35-36-37-38-40-42-44-46-48-50-52-54-56-62(66)63-60(59-70-71(67,68)69-58-57-64(3,4)5)61(65)55-53-51-49-47-45-43-41-39-25-23-21-19-17-15-13-11-9-7-2/h26-27,29-30,60-61,65H,6-25,28,31-59H2,1-5H3,(H-,63,66,67,68)/p+1/b27-26-,30-29-. The van der Waals surface area contributed by atoms with Crippen LogP contribution in [0.4, 0.5) is 0 Å². The predicted octanol–water partition coefficient (Wildman–Crippen LogP) is 19.2. The van der Waals surface area contributed by atoms with Crippen molar-refractivity contribution in [1.82, 2.24) is 5.32 Å². The van der Waals surface area contributed by atoms with Gasteiger partial charge in [-0.25, -0.2) is 4.57 Å². The quantitative estimate of drug-likeness (QED) is 0.0243. The Morgan fingerprint density at radius 2 is 0.803 bits per heavy atom. The molecule has 0 spiro atoms. The molecule has 0 radical (unpaired) electrons. The zero-order valence-corrected chi connectivity index (χ0v) is 49.1. The lowest BCUT2D eigenvalue weighted by Crippen LogP contribution is -2.46. The Hall–Kier alpha value is -1.02. The van der Waals surface area contributed by atoms with E-state index in [-0.39, 0.29) is 19.1 Å². The van der Waals surface area contributed by atoms with Crippen LogP contribution in [0.2, 0.25) is 0 Å². The lowest BCUT2D eigenvalue weighted by atomic mass is 10.0. The number of nitrogens with one attached hydrogen (secondary N) is 1. The number of aliphatic hydroxyl groups is 1. The second kappa shape index (κ2) is 53.8. The second-order valence-corrected chi connectivity index (χ2v) is 24.2. The van der Waals surface area contributed by atoms with Crippen molar-refractivity contribution in [2.45, 2.75) is 328 Å². The van der Waals surface area contributed by atoms with Crippen molar-refractivity contribution < 1.29 is 32.9 Å². The molecule has 0 aliphatic carbocycles. The third-order valence-corrected chi connectivity index (χ3v) is 15.4. The first-order valence-corrected chi connectivity index (χ1v) is 32.7. The average molecular weight is 1020 g/mol. The Balaban J connectivity index is 4.04. The predicted molar refractivity (Wildman–Crippen MR) is 309 cm³/mol. The zero-order chi connectivity index (χ0) is 52.0. The molecule has 1 amide bonds. The number of nitrogens with zero attached hydrogens (tertiary/aromatic N) is 1. The molecule has 0 rings (SSSR count). The molecule has 0 saturated heterocycles. The maximum absolute atomic E-state index is 13.0. The van der Waals surface area contributed by atoms with Crippen LogP contribution in [0.5, 0.6) is 0 Å². The Labute approximate surface area is 443 Å². The number of aliphatic hydroxyl groups excluding tert-OH is 1. The number of hydrogen-bond acceptors (Lipinski definition) is 5. The highest BCUT2D eigenvalue weighted by atomic mass is 31.2. The molecule has 3 unspecified atom stereocenters. The van der Waals surface area contributed by atoms with Gasteiger partial charge in [0.1, 0.15) is 13.2 Å². The van der Waals surface area contributed by atoms with E-state index < -0.39 is 20.0 Å². The molecule has 0 aliphatic rings. The first-order chi connectivity index (χ1) is 34.5. The van der Waals surface area contributed by atoms with Crippen molar-refractivity contribution in [3.63, 3.8) is 0 Å². The summed E-state index contributed by atoms with van der Waals surface area (Å²) in [5, 5.41) is 14.1. The van der Waals surface area contributed by atoms with Gasteiger partial charge in [-0.2, -0.15) is 0 Å². The summed E-state index contributed by atoms with van der Waals surface area (Å²) in [4.78, 5) is 23.4. The van der Waals surface area contributed by atoms with Gasteiger partial charge in [0.05, 0.1) is 39.9 Å². The number of carbonyl (C=O) groups excluding carboxylic acids is 1. The van der Waals surface area contributed by atoms with E-state index in [2.05, 4.69) is 43.5 Å². The minimum absolute atomic E-state index is 0.0767. The van der Waals surface area contributed by atoms with Crippen molar-refractivity contribution in [1.29, 1.82) is 0 Å². The summed E-state index contributed by atoms with van der Waals surface area (Å²) >= 11 is 0. The van der Waals surface area contributed by atoms with E-state index >= 15 is 0 Å². The Bertz CT molecular complexity index is 1210. The van der Waals surface area contributed by atoms with Crippen molar-refractivity contribution >= 4 is 13.7 Å². The third kappa shape index (κ3) is 56.5. The molecule has 0 aromatic carbocycles. The average Bonchev–Trinajstić information content (AvgIpc) is 3.33. The zero-order valence-electron chi connectivity index (χ0n) is 48.2. The number of quaternary nitrogens is 1. The van der Waals surface area contributed by atoms with Crippen LogP contribution in [0.3, 0.4) is 0 Å². The molecular formula is C62H124N2O6P+. The minimum atomic E-state index is -4.32. The fourth-order valence-corrected chi connectivity index (χ4v) is 10.3. The van der Waals surface area contributed by atoms with E-state index in [0.29, 0.717) is 23.9 Å². The first kappa shape index (κ1) is 70.0. The molecule has 0 aliphatic heterocycles. The number of unbranched alkanes of at least 4 members (excludes halogenated alkanes) is 41. The second-order valence-electron chi connectivity index (χ2n) is 22.8. The highest BCUT2D eigenvalue weighted by Gasteiger charge is 2.28. The van der Waals surface area contributed by atoms with Gasteiger partial charge in [-0.1, -0.05) is 289 Å². The summed E-state index contributed by atoms with van der Waals surface area (Å²) in [6.07, 6.45) is 68.2. The van der Waals surface area contributed by atoms with Crippen LogP contribution in [-0.2, 0) is 18.4 Å². The van der Waals surface area contributed by atoms with Gasteiger partial charge in [-0.3, -0.25) is 13.8 Å². The Kier molecular flexibility index (Phi) is 53.0. The highest BCUT2D eigenvalue weighted by molar-refractivity contribution is 7.47. The van der Waals surface area contributed by atoms with E-state index in [0.717, 1.165) is 44.9 Å². The molecule has 422 valence electrons. The van der Waals surface area contributed by atoms with Gasteiger partial charge < -0.3 is 19.8 Å². The summed E-state index contributed by atoms with van der Waals surface area (Å²) in [6, 6.07) is -0.759. The van der Waals surface area contributed by atoms with E-state index in [9.17, 15) is 19.4 Å². The summed E-state index contributed by atoms with van der Waals surface area (Å²) in [7, 11) is 1.63. The lowest BCUT2D eigenvalue weighted by Gasteiger charge is -2.26. The van der Waals surface area contributed by atoms with Crippen LogP contribution in [0.15, 0.2) is 24.3 Å². The van der Waals surface area contributed by atoms with Gasteiger partial charge in [0.2, 0.25) is 5.91 Å². The highest BCUT2D eigenvalue weighted by Crippen LogP contribution is 2.43. The molecular weight excluding hydrogens is 900 g/mol. The van der Waals surface area contributed by atoms with E-state index in [1.165, 1.54) is 244 Å². The number of likely N-dealkylation sites (N-methyl/N-ethyl adjacent to an activating group) is 1. The molecule has 0 bridgehead atoms. The van der Waals surface area contributed by atoms with Gasteiger partial charge in [0.15, 0.2) is 0 Å². The lowest BCUT2D eigenvalue weighted by molar-refractivity contribution is -0.870. The Morgan fingerprint density at radius 1 is 0.479 bits per heavy atom. The minimum Gasteiger partial charge on any atom is -0.391 e. The summed E-state index contributed by atoms with van der Waals surface area (Å²) in [6.45, 7) is 4.93. The summed E-state index contributed by atoms with van der Waals surface area (Å²) < 4.78 is 23.8. The van der Waals surface area contributed by atoms with Gasteiger partial charge in [0.25, 0.3) is 0 Å². The molecule has 3 atom stereocenters. The summed E-state index contributed by atoms with van der Waals surface area (Å²) in [5.41, 5.74) is 0. The summed E-state index contributed by atoms with van der Waals surface area (Å²) in [5.74, 6) is -0.139. The van der Waals surface area contributed by atoms with Crippen LogP contribution in [0.25, 0.3) is 0 Å². The number of rotatable bonds is 58. The maximum Gasteiger partial charge on any atom is 0.472 e. The van der Waals surface area contributed by atoms with Crippen molar-refractivity contribution in [2.75, 3.05) is 40.9 Å². The number of carbonyl (C=O) groups is 1. The van der Waals surface area contributed by atoms with Crippen LogP contribution < -0.4 is 5.32 Å². The van der Waals surface area contributed by atoms with Crippen molar-refractivity contribution in [3.8, 4) is 0 Å². The van der Waals surface area contributed by atoms with E-state index in [4.69, 9.17) is 9.05 Å². The monoisotopic (exact) mass is 1020 g/mol. The normalized spacial score (nSPS) is 14.0. The first-order valence-electron chi connectivity index (χ1n) is 31.2. The topological polar surface area (TPSA) is 105 Å². The maximum atomic E-state index is 13.0. The molecule has 0 saturated carbocycles. The van der Waals surface area contributed by atoms with Gasteiger partial charge in [-0.05, 0) is 44.9 Å². The van der Waals surface area contributed by atoms with Crippen LogP contribution in [0, 0.1) is 0 Å². The number of hydrogen-bond donors (Lipinski definition) is 3. The van der Waals surface area contributed by atoms with Crippen LogP contribution >= 0.6 is 7.82 Å². The molecule has 0 heterocycles. The van der Waals surface area contributed by atoms with E-state index in [1.54, 1.807) is 0 Å². The third-order valence-electron chi connectivity index (χ3n) is 14.5. The number of allylic oxidation sites excluding steroid dienone is 4. The number of phosphoric ester groups is 1. The molecule has 0 fully saturated rings. The molecule has 0 aromatic rings. The smallest absolute Gasteiger partial charge is 0.391 e. The van der Waals surface area contributed by atoms with Gasteiger partial charge in [-0.15, -0.1) is 0 Å². The van der Waals surface area contributed by atoms with Gasteiger partial charge in [0, 0.05) is 6.42 Å². The number of phosphoric acid groups is 1. The van der Waals surface area contributed by atoms with Crippen molar-refractivity contribution in [3.05, 3.63) is 24.3 Å². The van der Waals surface area contributed by atoms with Crippen LogP contribution in [0.1, 0.15) is 316 Å². The van der Waals surface area contributed by atoms with Crippen molar-refractivity contribution in [2.24, 2.45) is 0 Å². The Morgan fingerprint density at radius 3 is 1.15 bits per heavy atom. The molecule has 9 heteroatoms. The molecule has 0 aromatic heterocycles. The number of amides is 1. The van der Waals surface area contributed by atoms with Gasteiger partial charge >= 0.3 is 7.82 Å².